The highest BCUT2D eigenvalue weighted by Crippen LogP contribution is 2.23. The van der Waals surface area contributed by atoms with Crippen molar-refractivity contribution in [3.8, 4) is 0 Å². The van der Waals surface area contributed by atoms with Crippen LogP contribution in [-0.4, -0.2) is 36.9 Å². The average molecular weight is 304 g/mol. The molecule has 1 aliphatic carbocycles. The normalized spacial score (nSPS) is 30.6. The van der Waals surface area contributed by atoms with Crippen LogP contribution in [0, 0.1) is 0 Å². The highest BCUT2D eigenvalue weighted by atomic mass is 16.5. The van der Waals surface area contributed by atoms with Crippen LogP contribution in [0.4, 0.5) is 4.79 Å². The SMILES string of the molecule is CC1OCCC1NC1CC(NC(=O)OCc2ccccc2)C1. The van der Waals surface area contributed by atoms with E-state index in [9.17, 15) is 4.79 Å². The zero-order valence-electron chi connectivity index (χ0n) is 13.0. The number of carbonyl (C=O) groups is 1. The number of benzene rings is 1. The van der Waals surface area contributed by atoms with Gasteiger partial charge < -0.3 is 20.1 Å². The summed E-state index contributed by atoms with van der Waals surface area (Å²) in [5, 5.41) is 6.53. The second kappa shape index (κ2) is 7.11. The van der Waals surface area contributed by atoms with E-state index in [1.54, 1.807) is 0 Å². The van der Waals surface area contributed by atoms with Crippen LogP contribution >= 0.6 is 0 Å². The maximum absolute atomic E-state index is 11.7. The molecule has 2 atom stereocenters. The Morgan fingerprint density at radius 3 is 2.73 bits per heavy atom. The molecule has 1 aromatic carbocycles. The van der Waals surface area contributed by atoms with Gasteiger partial charge in [-0.15, -0.1) is 0 Å². The number of amides is 1. The minimum Gasteiger partial charge on any atom is -0.445 e. The van der Waals surface area contributed by atoms with Crippen molar-refractivity contribution in [2.24, 2.45) is 0 Å². The molecule has 2 aliphatic rings. The third-order valence-corrected chi connectivity index (χ3v) is 4.50. The van der Waals surface area contributed by atoms with Gasteiger partial charge in [0.1, 0.15) is 6.61 Å². The van der Waals surface area contributed by atoms with Gasteiger partial charge in [0.25, 0.3) is 0 Å². The van der Waals surface area contributed by atoms with Gasteiger partial charge in [0.05, 0.1) is 6.10 Å². The smallest absolute Gasteiger partial charge is 0.407 e. The Kier molecular flexibility index (Phi) is 4.95. The number of carbonyl (C=O) groups excluding carboxylic acids is 1. The molecule has 1 aliphatic heterocycles. The van der Waals surface area contributed by atoms with Crippen LogP contribution in [0.1, 0.15) is 31.7 Å². The van der Waals surface area contributed by atoms with Crippen LogP contribution in [0.2, 0.25) is 0 Å². The van der Waals surface area contributed by atoms with Crippen molar-refractivity contribution in [3.05, 3.63) is 35.9 Å². The second-order valence-electron chi connectivity index (χ2n) is 6.21. The van der Waals surface area contributed by atoms with Crippen LogP contribution in [0.25, 0.3) is 0 Å². The van der Waals surface area contributed by atoms with E-state index < -0.39 is 0 Å². The molecule has 5 nitrogen and oxygen atoms in total. The van der Waals surface area contributed by atoms with Crippen molar-refractivity contribution in [3.63, 3.8) is 0 Å². The summed E-state index contributed by atoms with van der Waals surface area (Å²) in [6, 6.07) is 10.9. The van der Waals surface area contributed by atoms with Crippen molar-refractivity contribution in [2.45, 2.75) is 57.0 Å². The van der Waals surface area contributed by atoms with E-state index in [1.807, 2.05) is 30.3 Å². The fraction of sp³-hybridized carbons (Fsp3) is 0.588. The summed E-state index contributed by atoms with van der Waals surface area (Å²) in [5.74, 6) is 0. The van der Waals surface area contributed by atoms with E-state index in [0.29, 0.717) is 24.8 Å². The van der Waals surface area contributed by atoms with Gasteiger partial charge >= 0.3 is 6.09 Å². The first-order valence-electron chi connectivity index (χ1n) is 8.05. The van der Waals surface area contributed by atoms with Crippen molar-refractivity contribution in [1.29, 1.82) is 0 Å². The minimum absolute atomic E-state index is 0.221. The maximum Gasteiger partial charge on any atom is 0.407 e. The van der Waals surface area contributed by atoms with E-state index in [4.69, 9.17) is 9.47 Å². The van der Waals surface area contributed by atoms with E-state index in [2.05, 4.69) is 17.6 Å². The lowest BCUT2D eigenvalue weighted by molar-refractivity contribution is 0.101. The Balaban J connectivity index is 1.31. The molecule has 0 spiro atoms. The van der Waals surface area contributed by atoms with Crippen LogP contribution in [0.5, 0.6) is 0 Å². The minimum atomic E-state index is -0.329. The van der Waals surface area contributed by atoms with Crippen molar-refractivity contribution >= 4 is 6.09 Å². The number of nitrogens with one attached hydrogen (secondary N) is 2. The molecule has 5 heteroatoms. The van der Waals surface area contributed by atoms with Gasteiger partial charge in [-0.2, -0.15) is 0 Å². The summed E-state index contributed by atoms with van der Waals surface area (Å²) in [4.78, 5) is 11.7. The van der Waals surface area contributed by atoms with E-state index in [0.717, 1.165) is 31.4 Å². The first kappa shape index (κ1) is 15.3. The van der Waals surface area contributed by atoms with Crippen LogP contribution in [-0.2, 0) is 16.1 Å². The molecule has 1 saturated heterocycles. The Bertz CT molecular complexity index is 488. The maximum atomic E-state index is 11.7. The molecule has 0 aromatic heterocycles. The van der Waals surface area contributed by atoms with Crippen LogP contribution in [0.3, 0.4) is 0 Å². The van der Waals surface area contributed by atoms with Gasteiger partial charge in [-0.05, 0) is 31.7 Å². The molecule has 1 aromatic rings. The number of alkyl carbamates (subject to hydrolysis) is 1. The molecule has 2 N–H and O–H groups in total. The number of ether oxygens (including phenoxy) is 2. The molecule has 3 rings (SSSR count). The molecule has 0 bridgehead atoms. The Hall–Kier alpha value is -1.59. The second-order valence-corrected chi connectivity index (χ2v) is 6.21. The molecular formula is C17H24N2O3. The van der Waals surface area contributed by atoms with Gasteiger partial charge in [0.2, 0.25) is 0 Å². The molecule has 1 saturated carbocycles. The summed E-state index contributed by atoms with van der Waals surface area (Å²) < 4.78 is 10.8. The quantitative estimate of drug-likeness (QED) is 0.875. The topological polar surface area (TPSA) is 59.6 Å². The molecule has 22 heavy (non-hydrogen) atoms. The zero-order valence-corrected chi connectivity index (χ0v) is 13.0. The Morgan fingerprint density at radius 1 is 1.27 bits per heavy atom. The molecular weight excluding hydrogens is 280 g/mol. The lowest BCUT2D eigenvalue weighted by Crippen LogP contribution is -2.55. The fourth-order valence-corrected chi connectivity index (χ4v) is 3.06. The van der Waals surface area contributed by atoms with Gasteiger partial charge in [0, 0.05) is 24.7 Å². The lowest BCUT2D eigenvalue weighted by Gasteiger charge is -2.38. The molecule has 1 amide bonds. The van der Waals surface area contributed by atoms with Gasteiger partial charge in [-0.25, -0.2) is 4.79 Å². The van der Waals surface area contributed by atoms with E-state index in [-0.39, 0.29) is 12.1 Å². The van der Waals surface area contributed by atoms with Crippen molar-refractivity contribution < 1.29 is 14.3 Å². The number of hydrogen-bond acceptors (Lipinski definition) is 4. The fourth-order valence-electron chi connectivity index (χ4n) is 3.06. The lowest BCUT2D eigenvalue weighted by atomic mass is 9.86. The third-order valence-electron chi connectivity index (χ3n) is 4.50. The Labute approximate surface area is 131 Å². The molecule has 0 radical (unpaired) electrons. The summed E-state index contributed by atoms with van der Waals surface area (Å²) in [5.41, 5.74) is 1.00. The predicted molar refractivity (Wildman–Crippen MR) is 83.5 cm³/mol. The summed E-state index contributed by atoms with van der Waals surface area (Å²) in [6.45, 7) is 3.27. The summed E-state index contributed by atoms with van der Waals surface area (Å²) >= 11 is 0. The molecule has 2 fully saturated rings. The van der Waals surface area contributed by atoms with Crippen LogP contribution in [0.15, 0.2) is 30.3 Å². The Morgan fingerprint density at radius 2 is 2.05 bits per heavy atom. The van der Waals surface area contributed by atoms with Crippen LogP contribution < -0.4 is 10.6 Å². The molecule has 1 heterocycles. The van der Waals surface area contributed by atoms with Crippen molar-refractivity contribution in [2.75, 3.05) is 6.61 Å². The monoisotopic (exact) mass is 304 g/mol. The first-order valence-corrected chi connectivity index (χ1v) is 8.05. The highest BCUT2D eigenvalue weighted by molar-refractivity contribution is 5.67. The van der Waals surface area contributed by atoms with Crippen molar-refractivity contribution in [1.82, 2.24) is 10.6 Å². The summed E-state index contributed by atoms with van der Waals surface area (Å²) in [7, 11) is 0. The van der Waals surface area contributed by atoms with Gasteiger partial charge in [-0.3, -0.25) is 0 Å². The van der Waals surface area contributed by atoms with Gasteiger partial charge in [-0.1, -0.05) is 30.3 Å². The largest absolute Gasteiger partial charge is 0.445 e. The first-order chi connectivity index (χ1) is 10.7. The zero-order chi connectivity index (χ0) is 15.4. The number of rotatable bonds is 5. The average Bonchev–Trinajstić information content (AvgIpc) is 2.89. The third kappa shape index (κ3) is 3.99. The highest BCUT2D eigenvalue weighted by Gasteiger charge is 2.34. The predicted octanol–water partition coefficient (Wildman–Crippen LogP) is 2.21. The number of hydrogen-bond donors (Lipinski definition) is 2. The van der Waals surface area contributed by atoms with E-state index >= 15 is 0 Å². The van der Waals surface area contributed by atoms with E-state index in [1.165, 1.54) is 0 Å². The summed E-state index contributed by atoms with van der Waals surface area (Å²) in [6.07, 6.45) is 2.97. The molecule has 120 valence electrons. The van der Waals surface area contributed by atoms with Gasteiger partial charge in [0.15, 0.2) is 0 Å². The standard InChI is InChI=1S/C17H24N2O3/c1-12-16(7-8-21-12)18-14-9-15(10-14)19-17(20)22-11-13-5-3-2-4-6-13/h2-6,12,14-16,18H,7-11H2,1H3,(H,19,20). The molecule has 2 unspecified atom stereocenters.